The molecule has 3 aromatic rings. The van der Waals surface area contributed by atoms with Gasteiger partial charge in [-0.25, -0.2) is 4.39 Å². The molecule has 1 aliphatic carbocycles. The number of hydrogen-bond donors (Lipinski definition) is 1. The molecular formula is C22H22FN3O2. The summed E-state index contributed by atoms with van der Waals surface area (Å²) in [6.07, 6.45) is 4.13. The quantitative estimate of drug-likeness (QED) is 0.630. The van der Waals surface area contributed by atoms with Gasteiger partial charge in [0.05, 0.1) is 0 Å². The number of hydrogen-bond acceptors (Lipinski definition) is 4. The van der Waals surface area contributed by atoms with Gasteiger partial charge in [-0.3, -0.25) is 4.79 Å². The highest BCUT2D eigenvalue weighted by molar-refractivity contribution is 5.75. The number of rotatable bonds is 8. The summed E-state index contributed by atoms with van der Waals surface area (Å²) in [5.41, 5.74) is 3.20. The van der Waals surface area contributed by atoms with Crippen LogP contribution in [0.25, 0.3) is 11.4 Å². The molecule has 2 aromatic carbocycles. The number of benzene rings is 2. The van der Waals surface area contributed by atoms with Crippen molar-refractivity contribution in [2.45, 2.75) is 44.6 Å². The summed E-state index contributed by atoms with van der Waals surface area (Å²) in [5, 5.41) is 6.85. The maximum atomic E-state index is 13.0. The van der Waals surface area contributed by atoms with Gasteiger partial charge in [-0.2, -0.15) is 4.98 Å². The first-order chi connectivity index (χ1) is 13.7. The van der Waals surface area contributed by atoms with E-state index in [1.165, 1.54) is 30.5 Å². The van der Waals surface area contributed by atoms with Crippen molar-refractivity contribution in [2.75, 3.05) is 0 Å². The number of nitrogens with zero attached hydrogens (tertiary/aromatic N) is 2. The molecule has 5 nitrogen and oxygen atoms in total. The van der Waals surface area contributed by atoms with E-state index in [1.807, 2.05) is 0 Å². The fourth-order valence-corrected chi connectivity index (χ4v) is 3.09. The standard InChI is InChI=1S/C22H22FN3O2/c23-19-12-10-18(11-13-19)22-25-21(28-26-22)3-1-2-20(27)24-14-15-4-6-16(7-5-15)17-8-9-17/h4-7,10-13,17H,1-3,8-9,14H2,(H,24,27). The molecule has 1 heterocycles. The largest absolute Gasteiger partial charge is 0.352 e. The monoisotopic (exact) mass is 379 g/mol. The van der Waals surface area contributed by atoms with Crippen molar-refractivity contribution in [2.24, 2.45) is 0 Å². The van der Waals surface area contributed by atoms with Gasteiger partial charge in [-0.1, -0.05) is 29.4 Å². The second-order valence-corrected chi connectivity index (χ2v) is 7.16. The Labute approximate surface area is 163 Å². The first kappa shape index (κ1) is 18.3. The molecular weight excluding hydrogens is 357 g/mol. The van der Waals surface area contributed by atoms with Crippen LogP contribution in [0.4, 0.5) is 4.39 Å². The molecule has 1 amide bonds. The first-order valence-electron chi connectivity index (χ1n) is 9.61. The van der Waals surface area contributed by atoms with Crippen LogP contribution in [0, 0.1) is 5.82 Å². The maximum absolute atomic E-state index is 13.0. The van der Waals surface area contributed by atoms with Gasteiger partial charge >= 0.3 is 0 Å². The smallest absolute Gasteiger partial charge is 0.226 e. The molecule has 1 N–H and O–H groups in total. The average molecular weight is 379 g/mol. The molecule has 1 fully saturated rings. The summed E-state index contributed by atoms with van der Waals surface area (Å²) < 4.78 is 18.2. The number of carbonyl (C=O) groups excluding carboxylic acids is 1. The third-order valence-electron chi connectivity index (χ3n) is 4.88. The van der Waals surface area contributed by atoms with Crippen molar-refractivity contribution in [1.82, 2.24) is 15.5 Å². The number of carbonyl (C=O) groups is 1. The second kappa shape index (κ2) is 8.33. The van der Waals surface area contributed by atoms with Crippen LogP contribution >= 0.6 is 0 Å². The van der Waals surface area contributed by atoms with Crippen LogP contribution in [0.3, 0.4) is 0 Å². The highest BCUT2D eigenvalue weighted by Crippen LogP contribution is 2.39. The summed E-state index contributed by atoms with van der Waals surface area (Å²) in [5.74, 6) is 1.34. The lowest BCUT2D eigenvalue weighted by atomic mass is 10.1. The minimum Gasteiger partial charge on any atom is -0.352 e. The van der Waals surface area contributed by atoms with Crippen LogP contribution in [-0.2, 0) is 17.8 Å². The summed E-state index contributed by atoms with van der Waals surface area (Å²) in [6.45, 7) is 0.541. The molecule has 1 saturated carbocycles. The van der Waals surface area contributed by atoms with E-state index in [0.717, 1.165) is 11.5 Å². The van der Waals surface area contributed by atoms with Crippen LogP contribution in [0.5, 0.6) is 0 Å². The van der Waals surface area contributed by atoms with E-state index in [9.17, 15) is 9.18 Å². The van der Waals surface area contributed by atoms with Crippen molar-refractivity contribution < 1.29 is 13.7 Å². The van der Waals surface area contributed by atoms with Gasteiger partial charge in [0.2, 0.25) is 17.6 Å². The Morgan fingerprint density at radius 3 is 2.57 bits per heavy atom. The van der Waals surface area contributed by atoms with Crippen LogP contribution < -0.4 is 5.32 Å². The number of nitrogens with one attached hydrogen (secondary N) is 1. The van der Waals surface area contributed by atoms with Gasteiger partial charge in [0.1, 0.15) is 5.82 Å². The fourth-order valence-electron chi connectivity index (χ4n) is 3.09. The normalized spacial score (nSPS) is 13.5. The predicted octanol–water partition coefficient (Wildman–Crippen LogP) is 4.39. The van der Waals surface area contributed by atoms with Gasteiger partial charge in [0.15, 0.2) is 0 Å². The number of amides is 1. The molecule has 6 heteroatoms. The summed E-state index contributed by atoms with van der Waals surface area (Å²) in [6, 6.07) is 14.4. The van der Waals surface area contributed by atoms with Crippen LogP contribution in [0.15, 0.2) is 53.1 Å². The van der Waals surface area contributed by atoms with Crippen molar-refractivity contribution in [3.8, 4) is 11.4 Å². The van der Waals surface area contributed by atoms with Crippen molar-refractivity contribution in [3.63, 3.8) is 0 Å². The Kier molecular flexibility index (Phi) is 5.46. The van der Waals surface area contributed by atoms with Gasteiger partial charge in [0, 0.05) is 24.9 Å². The maximum Gasteiger partial charge on any atom is 0.226 e. The van der Waals surface area contributed by atoms with Gasteiger partial charge in [0.25, 0.3) is 0 Å². The number of halogens is 1. The third kappa shape index (κ3) is 4.82. The van der Waals surface area contributed by atoms with E-state index in [2.05, 4.69) is 39.7 Å². The minimum absolute atomic E-state index is 0.00421. The van der Waals surface area contributed by atoms with E-state index in [4.69, 9.17) is 4.52 Å². The molecule has 0 aliphatic heterocycles. The van der Waals surface area contributed by atoms with E-state index in [-0.39, 0.29) is 11.7 Å². The molecule has 0 bridgehead atoms. The summed E-state index contributed by atoms with van der Waals surface area (Å²) in [4.78, 5) is 16.3. The zero-order valence-electron chi connectivity index (χ0n) is 15.5. The number of aryl methyl sites for hydroxylation is 1. The summed E-state index contributed by atoms with van der Waals surface area (Å²) in [7, 11) is 0. The molecule has 144 valence electrons. The second-order valence-electron chi connectivity index (χ2n) is 7.16. The van der Waals surface area contributed by atoms with Gasteiger partial charge < -0.3 is 9.84 Å². The lowest BCUT2D eigenvalue weighted by molar-refractivity contribution is -0.121. The highest BCUT2D eigenvalue weighted by atomic mass is 19.1. The zero-order valence-corrected chi connectivity index (χ0v) is 15.5. The lowest BCUT2D eigenvalue weighted by Crippen LogP contribution is -2.22. The Hall–Kier alpha value is -3.02. The summed E-state index contributed by atoms with van der Waals surface area (Å²) >= 11 is 0. The molecule has 0 atom stereocenters. The predicted molar refractivity (Wildman–Crippen MR) is 103 cm³/mol. The van der Waals surface area contributed by atoms with Gasteiger partial charge in [-0.05, 0) is 60.6 Å². The lowest BCUT2D eigenvalue weighted by Gasteiger charge is -2.06. The highest BCUT2D eigenvalue weighted by Gasteiger charge is 2.22. The molecule has 0 spiro atoms. The minimum atomic E-state index is -0.308. The Balaban J connectivity index is 1.19. The Morgan fingerprint density at radius 2 is 1.86 bits per heavy atom. The molecule has 4 rings (SSSR count). The van der Waals surface area contributed by atoms with E-state index in [0.29, 0.717) is 43.1 Å². The van der Waals surface area contributed by atoms with E-state index < -0.39 is 0 Å². The van der Waals surface area contributed by atoms with Crippen LogP contribution in [0.2, 0.25) is 0 Å². The van der Waals surface area contributed by atoms with E-state index in [1.54, 1.807) is 12.1 Å². The van der Waals surface area contributed by atoms with Crippen molar-refractivity contribution in [1.29, 1.82) is 0 Å². The fraction of sp³-hybridized carbons (Fsp3) is 0.318. The van der Waals surface area contributed by atoms with E-state index >= 15 is 0 Å². The number of aromatic nitrogens is 2. The average Bonchev–Trinajstić information content (AvgIpc) is 3.46. The van der Waals surface area contributed by atoms with Gasteiger partial charge in [-0.15, -0.1) is 0 Å². The van der Waals surface area contributed by atoms with Crippen LogP contribution in [-0.4, -0.2) is 16.0 Å². The third-order valence-corrected chi connectivity index (χ3v) is 4.88. The molecule has 0 saturated heterocycles. The van der Waals surface area contributed by atoms with Crippen molar-refractivity contribution >= 4 is 5.91 Å². The Bertz CT molecular complexity index is 931. The zero-order chi connectivity index (χ0) is 19.3. The molecule has 0 unspecified atom stereocenters. The Morgan fingerprint density at radius 1 is 1.11 bits per heavy atom. The molecule has 1 aliphatic rings. The molecule has 0 radical (unpaired) electrons. The first-order valence-corrected chi connectivity index (χ1v) is 9.61. The van der Waals surface area contributed by atoms with Crippen LogP contribution in [0.1, 0.15) is 48.6 Å². The SMILES string of the molecule is O=C(CCCc1nc(-c2ccc(F)cc2)no1)NCc1ccc(C2CC2)cc1. The molecule has 28 heavy (non-hydrogen) atoms. The van der Waals surface area contributed by atoms with Crippen molar-refractivity contribution in [3.05, 3.63) is 71.4 Å². The topological polar surface area (TPSA) is 68.0 Å². The molecule has 1 aromatic heterocycles.